The topological polar surface area (TPSA) is 48.4 Å². The van der Waals surface area contributed by atoms with Crippen molar-refractivity contribution < 1.29 is 5.11 Å². The van der Waals surface area contributed by atoms with Crippen LogP contribution in [0.3, 0.4) is 0 Å². The smallest absolute Gasteiger partial charge is 0.174 e. The normalized spacial score (nSPS) is 16.3. The third-order valence-electron chi connectivity index (χ3n) is 5.00. The van der Waals surface area contributed by atoms with Gasteiger partial charge in [0.1, 0.15) is 0 Å². The largest absolute Gasteiger partial charge is 0.396 e. The SMILES string of the molecule is OCCC1Cc2ccccc2CN1C(=S)Nc1cccc2cnccc12. The predicted octanol–water partition coefficient (Wildman–Crippen LogP) is 3.74. The van der Waals surface area contributed by atoms with E-state index in [0.717, 1.165) is 29.4 Å². The lowest BCUT2D eigenvalue weighted by atomic mass is 9.93. The number of hydrogen-bond donors (Lipinski definition) is 2. The van der Waals surface area contributed by atoms with Crippen molar-refractivity contribution in [1.82, 2.24) is 9.88 Å². The Morgan fingerprint density at radius 1 is 1.15 bits per heavy atom. The zero-order valence-corrected chi connectivity index (χ0v) is 15.2. The van der Waals surface area contributed by atoms with Crippen molar-refractivity contribution in [2.24, 2.45) is 0 Å². The van der Waals surface area contributed by atoms with Crippen LogP contribution in [0.4, 0.5) is 5.69 Å². The molecule has 5 heteroatoms. The minimum Gasteiger partial charge on any atom is -0.396 e. The van der Waals surface area contributed by atoms with Crippen LogP contribution in [0, 0.1) is 0 Å². The molecule has 2 heterocycles. The van der Waals surface area contributed by atoms with Crippen LogP contribution in [0.1, 0.15) is 17.5 Å². The highest BCUT2D eigenvalue weighted by molar-refractivity contribution is 7.80. The molecule has 0 saturated heterocycles. The van der Waals surface area contributed by atoms with Gasteiger partial charge in [0.15, 0.2) is 5.11 Å². The molecule has 0 fully saturated rings. The van der Waals surface area contributed by atoms with Gasteiger partial charge in [-0.05, 0) is 48.3 Å². The predicted molar refractivity (Wildman–Crippen MR) is 109 cm³/mol. The molecular weight excluding hydrogens is 342 g/mol. The van der Waals surface area contributed by atoms with Crippen LogP contribution in [0.2, 0.25) is 0 Å². The lowest BCUT2D eigenvalue weighted by Gasteiger charge is -2.38. The van der Waals surface area contributed by atoms with Crippen LogP contribution in [0.15, 0.2) is 60.9 Å². The van der Waals surface area contributed by atoms with Gasteiger partial charge >= 0.3 is 0 Å². The zero-order valence-electron chi connectivity index (χ0n) is 14.4. The number of aliphatic hydroxyl groups is 1. The monoisotopic (exact) mass is 363 g/mol. The van der Waals surface area contributed by atoms with E-state index >= 15 is 0 Å². The van der Waals surface area contributed by atoms with Gasteiger partial charge in [-0.1, -0.05) is 36.4 Å². The van der Waals surface area contributed by atoms with E-state index in [-0.39, 0.29) is 12.6 Å². The van der Waals surface area contributed by atoms with E-state index in [4.69, 9.17) is 12.2 Å². The third-order valence-corrected chi connectivity index (χ3v) is 5.34. The number of nitrogens with one attached hydrogen (secondary N) is 1. The number of anilines is 1. The Balaban J connectivity index is 1.61. The molecule has 132 valence electrons. The van der Waals surface area contributed by atoms with Gasteiger partial charge in [-0.3, -0.25) is 4.98 Å². The van der Waals surface area contributed by atoms with Gasteiger partial charge in [0.05, 0.1) is 0 Å². The number of fused-ring (bicyclic) bond motifs is 2. The fraction of sp³-hybridized carbons (Fsp3) is 0.238. The summed E-state index contributed by atoms with van der Waals surface area (Å²) >= 11 is 5.76. The highest BCUT2D eigenvalue weighted by Gasteiger charge is 2.27. The van der Waals surface area contributed by atoms with Crippen molar-refractivity contribution in [1.29, 1.82) is 0 Å². The van der Waals surface area contributed by atoms with E-state index in [1.165, 1.54) is 11.1 Å². The van der Waals surface area contributed by atoms with Crippen LogP contribution in [-0.2, 0) is 13.0 Å². The van der Waals surface area contributed by atoms with Gasteiger partial charge in [0.25, 0.3) is 0 Å². The molecule has 1 aliphatic rings. The summed E-state index contributed by atoms with van der Waals surface area (Å²) < 4.78 is 0. The Bertz CT molecular complexity index is 938. The molecule has 2 aromatic carbocycles. The Morgan fingerprint density at radius 2 is 2.00 bits per heavy atom. The molecule has 4 rings (SSSR count). The number of aliphatic hydroxyl groups excluding tert-OH is 1. The Hall–Kier alpha value is -2.50. The van der Waals surface area contributed by atoms with Crippen molar-refractivity contribution >= 4 is 33.8 Å². The second kappa shape index (κ2) is 7.40. The van der Waals surface area contributed by atoms with Crippen LogP contribution in [-0.4, -0.2) is 32.8 Å². The van der Waals surface area contributed by atoms with Gasteiger partial charge in [-0.2, -0.15) is 0 Å². The molecule has 26 heavy (non-hydrogen) atoms. The molecule has 0 radical (unpaired) electrons. The average Bonchev–Trinajstić information content (AvgIpc) is 2.68. The van der Waals surface area contributed by atoms with E-state index in [2.05, 4.69) is 39.5 Å². The van der Waals surface area contributed by atoms with E-state index in [0.29, 0.717) is 11.5 Å². The maximum atomic E-state index is 9.50. The van der Waals surface area contributed by atoms with Crippen molar-refractivity contribution in [3.05, 3.63) is 72.1 Å². The highest BCUT2D eigenvalue weighted by Crippen LogP contribution is 2.27. The van der Waals surface area contributed by atoms with Crippen molar-refractivity contribution in [3.8, 4) is 0 Å². The molecule has 1 aliphatic heterocycles. The van der Waals surface area contributed by atoms with Crippen molar-refractivity contribution in [3.63, 3.8) is 0 Å². The first-order valence-electron chi connectivity index (χ1n) is 8.84. The quantitative estimate of drug-likeness (QED) is 0.694. The summed E-state index contributed by atoms with van der Waals surface area (Å²) in [6.07, 6.45) is 5.26. The number of pyridine rings is 1. The minimum absolute atomic E-state index is 0.159. The van der Waals surface area contributed by atoms with Gasteiger partial charge in [0, 0.05) is 48.0 Å². The van der Waals surface area contributed by atoms with Gasteiger partial charge < -0.3 is 15.3 Å². The van der Waals surface area contributed by atoms with Gasteiger partial charge in [-0.25, -0.2) is 0 Å². The summed E-state index contributed by atoms with van der Waals surface area (Å²) in [5.74, 6) is 0. The maximum Gasteiger partial charge on any atom is 0.174 e. The maximum absolute atomic E-state index is 9.50. The number of hydrogen-bond acceptors (Lipinski definition) is 3. The Morgan fingerprint density at radius 3 is 2.85 bits per heavy atom. The van der Waals surface area contributed by atoms with Crippen LogP contribution in [0.25, 0.3) is 10.8 Å². The van der Waals surface area contributed by atoms with Crippen LogP contribution in [0.5, 0.6) is 0 Å². The molecule has 3 aromatic rings. The van der Waals surface area contributed by atoms with E-state index in [9.17, 15) is 5.11 Å². The summed E-state index contributed by atoms with van der Waals surface area (Å²) in [5, 5.41) is 15.8. The molecule has 0 saturated carbocycles. The van der Waals surface area contributed by atoms with Gasteiger partial charge in [-0.15, -0.1) is 0 Å². The summed E-state index contributed by atoms with van der Waals surface area (Å²) in [6.45, 7) is 0.922. The Kier molecular flexibility index (Phi) is 4.82. The Labute approximate surface area is 158 Å². The first-order chi connectivity index (χ1) is 12.8. The molecule has 0 amide bonds. The molecule has 1 unspecified atom stereocenters. The molecule has 2 N–H and O–H groups in total. The summed E-state index contributed by atoms with van der Waals surface area (Å²) in [7, 11) is 0. The molecule has 1 atom stereocenters. The lowest BCUT2D eigenvalue weighted by Crippen LogP contribution is -2.46. The van der Waals surface area contributed by atoms with Crippen LogP contribution < -0.4 is 5.32 Å². The van der Waals surface area contributed by atoms with E-state index in [1.807, 2.05) is 30.5 Å². The van der Waals surface area contributed by atoms with Gasteiger partial charge in [0.2, 0.25) is 0 Å². The first kappa shape index (κ1) is 16.9. The standard InChI is InChI=1S/C21H21N3OS/c25-11-9-18-12-15-4-1-2-5-17(15)14-24(18)21(26)23-20-7-3-6-16-13-22-10-8-19(16)20/h1-8,10,13,18,25H,9,11-12,14H2,(H,23,26). The first-order valence-corrected chi connectivity index (χ1v) is 9.25. The fourth-order valence-corrected chi connectivity index (χ4v) is 3.97. The van der Waals surface area contributed by atoms with E-state index in [1.54, 1.807) is 6.20 Å². The van der Waals surface area contributed by atoms with E-state index < -0.39 is 0 Å². The molecule has 0 aliphatic carbocycles. The van der Waals surface area contributed by atoms with Crippen molar-refractivity contribution in [2.45, 2.75) is 25.4 Å². The third kappa shape index (κ3) is 3.28. The van der Waals surface area contributed by atoms with Crippen LogP contribution >= 0.6 is 12.2 Å². The average molecular weight is 363 g/mol. The second-order valence-electron chi connectivity index (χ2n) is 6.60. The summed E-state index contributed by atoms with van der Waals surface area (Å²) in [5.41, 5.74) is 3.63. The number of thiocarbonyl (C=S) groups is 1. The molecule has 4 nitrogen and oxygen atoms in total. The fourth-order valence-electron chi connectivity index (χ4n) is 3.65. The van der Waals surface area contributed by atoms with Crippen molar-refractivity contribution in [2.75, 3.05) is 11.9 Å². The zero-order chi connectivity index (χ0) is 17.9. The molecule has 0 spiro atoms. The number of rotatable bonds is 3. The second-order valence-corrected chi connectivity index (χ2v) is 6.99. The lowest BCUT2D eigenvalue weighted by molar-refractivity contribution is 0.207. The number of benzene rings is 2. The summed E-state index contributed by atoms with van der Waals surface area (Å²) in [4.78, 5) is 6.39. The highest BCUT2D eigenvalue weighted by atomic mass is 32.1. The summed E-state index contributed by atoms with van der Waals surface area (Å²) in [6, 6.07) is 16.8. The minimum atomic E-state index is 0.159. The molecule has 0 bridgehead atoms. The number of nitrogens with zero attached hydrogens (tertiary/aromatic N) is 2. The molecular formula is C21H21N3OS. The number of aromatic nitrogens is 1. The molecule has 1 aromatic heterocycles.